The molecular formula is C17H18ClF2N. The fourth-order valence-electron chi connectivity index (χ4n) is 2.28. The van der Waals surface area contributed by atoms with Gasteiger partial charge >= 0.3 is 0 Å². The van der Waals surface area contributed by atoms with Gasteiger partial charge in [-0.15, -0.1) is 0 Å². The molecular weight excluding hydrogens is 292 g/mol. The first-order chi connectivity index (χ1) is 10.1. The van der Waals surface area contributed by atoms with E-state index in [-0.39, 0.29) is 16.9 Å². The summed E-state index contributed by atoms with van der Waals surface area (Å²) < 4.78 is 27.5. The van der Waals surface area contributed by atoms with E-state index in [1.807, 2.05) is 6.07 Å². The lowest BCUT2D eigenvalue weighted by molar-refractivity contribution is 0.509. The zero-order chi connectivity index (χ0) is 15.2. The maximum Gasteiger partial charge on any atom is 0.145 e. The van der Waals surface area contributed by atoms with Crippen molar-refractivity contribution < 1.29 is 8.78 Å². The van der Waals surface area contributed by atoms with Crippen molar-refractivity contribution in [3.05, 3.63) is 70.2 Å². The minimum atomic E-state index is -0.404. The number of halogens is 3. The van der Waals surface area contributed by atoms with Gasteiger partial charge in [-0.1, -0.05) is 42.8 Å². The van der Waals surface area contributed by atoms with Crippen molar-refractivity contribution in [2.24, 2.45) is 0 Å². The SMILES string of the molecule is CCCNC(Cc1cccc(Cl)c1F)c1cccc(F)c1. The molecule has 0 saturated heterocycles. The summed E-state index contributed by atoms with van der Waals surface area (Å²) in [7, 11) is 0. The number of hydrogen-bond acceptors (Lipinski definition) is 1. The van der Waals surface area contributed by atoms with Crippen LogP contribution < -0.4 is 5.32 Å². The zero-order valence-electron chi connectivity index (χ0n) is 11.9. The van der Waals surface area contributed by atoms with Crippen molar-refractivity contribution in [1.29, 1.82) is 0 Å². The Bertz CT molecular complexity index is 601. The highest BCUT2D eigenvalue weighted by atomic mass is 35.5. The third kappa shape index (κ3) is 4.26. The number of benzene rings is 2. The van der Waals surface area contributed by atoms with E-state index in [1.165, 1.54) is 18.2 Å². The molecule has 0 aliphatic carbocycles. The Balaban J connectivity index is 2.26. The topological polar surface area (TPSA) is 12.0 Å². The molecule has 0 spiro atoms. The van der Waals surface area contributed by atoms with Gasteiger partial charge in [0, 0.05) is 6.04 Å². The van der Waals surface area contributed by atoms with Crippen molar-refractivity contribution in [3.8, 4) is 0 Å². The second-order valence-corrected chi connectivity index (χ2v) is 5.39. The van der Waals surface area contributed by atoms with E-state index in [1.54, 1.807) is 18.2 Å². The van der Waals surface area contributed by atoms with Gasteiger partial charge in [-0.3, -0.25) is 0 Å². The van der Waals surface area contributed by atoms with Crippen molar-refractivity contribution in [2.45, 2.75) is 25.8 Å². The van der Waals surface area contributed by atoms with Gasteiger partial charge in [0.15, 0.2) is 0 Å². The Morgan fingerprint density at radius 2 is 1.90 bits per heavy atom. The number of nitrogens with one attached hydrogen (secondary N) is 1. The second kappa shape index (κ2) is 7.53. The molecule has 0 amide bonds. The maximum absolute atomic E-state index is 14.0. The Morgan fingerprint density at radius 1 is 1.14 bits per heavy atom. The van der Waals surface area contributed by atoms with Crippen molar-refractivity contribution in [3.63, 3.8) is 0 Å². The Hall–Kier alpha value is -1.45. The lowest BCUT2D eigenvalue weighted by Gasteiger charge is -2.20. The van der Waals surface area contributed by atoms with E-state index in [4.69, 9.17) is 11.6 Å². The standard InChI is InChI=1S/C17H18ClF2N/c1-2-9-21-16(12-5-3-7-14(19)10-12)11-13-6-4-8-15(18)17(13)20/h3-8,10,16,21H,2,9,11H2,1H3. The monoisotopic (exact) mass is 309 g/mol. The van der Waals surface area contributed by atoms with Crippen LogP contribution in [-0.2, 0) is 6.42 Å². The Labute approximate surface area is 128 Å². The minimum Gasteiger partial charge on any atom is -0.310 e. The number of rotatable bonds is 6. The second-order valence-electron chi connectivity index (χ2n) is 4.98. The molecule has 2 rings (SSSR count). The van der Waals surface area contributed by atoms with E-state index < -0.39 is 5.82 Å². The van der Waals surface area contributed by atoms with Gasteiger partial charge in [-0.25, -0.2) is 8.78 Å². The third-order valence-corrected chi connectivity index (χ3v) is 3.64. The van der Waals surface area contributed by atoms with Crippen LogP contribution in [0.3, 0.4) is 0 Å². The maximum atomic E-state index is 14.0. The largest absolute Gasteiger partial charge is 0.310 e. The highest BCUT2D eigenvalue weighted by Gasteiger charge is 2.15. The van der Waals surface area contributed by atoms with Gasteiger partial charge in [0.2, 0.25) is 0 Å². The van der Waals surface area contributed by atoms with Gasteiger partial charge in [-0.05, 0) is 48.7 Å². The molecule has 1 N–H and O–H groups in total. The van der Waals surface area contributed by atoms with Crippen LogP contribution in [0.15, 0.2) is 42.5 Å². The van der Waals surface area contributed by atoms with E-state index in [9.17, 15) is 8.78 Å². The van der Waals surface area contributed by atoms with E-state index >= 15 is 0 Å². The van der Waals surface area contributed by atoms with Gasteiger partial charge in [-0.2, -0.15) is 0 Å². The number of hydrogen-bond donors (Lipinski definition) is 1. The van der Waals surface area contributed by atoms with E-state index in [0.717, 1.165) is 18.5 Å². The average Bonchev–Trinajstić information content (AvgIpc) is 2.47. The lowest BCUT2D eigenvalue weighted by Crippen LogP contribution is -2.24. The summed E-state index contributed by atoms with van der Waals surface area (Å²) in [6.45, 7) is 2.83. The van der Waals surface area contributed by atoms with Crippen LogP contribution in [0.4, 0.5) is 8.78 Å². The first kappa shape index (κ1) is 15.9. The Kier molecular flexibility index (Phi) is 5.71. The molecule has 2 aromatic carbocycles. The van der Waals surface area contributed by atoms with Gasteiger partial charge in [0.05, 0.1) is 5.02 Å². The average molecular weight is 310 g/mol. The van der Waals surface area contributed by atoms with Crippen LogP contribution in [0.25, 0.3) is 0 Å². The van der Waals surface area contributed by atoms with Gasteiger partial charge in [0.25, 0.3) is 0 Å². The van der Waals surface area contributed by atoms with E-state index in [0.29, 0.717) is 12.0 Å². The lowest BCUT2D eigenvalue weighted by atomic mass is 9.98. The van der Waals surface area contributed by atoms with Crippen LogP contribution in [0.1, 0.15) is 30.5 Å². The summed E-state index contributed by atoms with van der Waals surface area (Å²) in [6.07, 6.45) is 1.37. The molecule has 0 aliphatic rings. The normalized spacial score (nSPS) is 12.4. The smallest absolute Gasteiger partial charge is 0.145 e. The molecule has 0 aromatic heterocycles. The van der Waals surface area contributed by atoms with Crippen molar-refractivity contribution in [1.82, 2.24) is 5.32 Å². The quantitative estimate of drug-likeness (QED) is 0.800. The zero-order valence-corrected chi connectivity index (χ0v) is 12.6. The summed E-state index contributed by atoms with van der Waals surface area (Å²) in [5.74, 6) is -0.693. The van der Waals surface area contributed by atoms with Gasteiger partial charge in [0.1, 0.15) is 11.6 Å². The van der Waals surface area contributed by atoms with Gasteiger partial charge < -0.3 is 5.32 Å². The summed E-state index contributed by atoms with van der Waals surface area (Å²) in [6, 6.07) is 11.2. The molecule has 0 fully saturated rings. The molecule has 1 unspecified atom stereocenters. The summed E-state index contributed by atoms with van der Waals surface area (Å²) in [4.78, 5) is 0. The summed E-state index contributed by atoms with van der Waals surface area (Å²) in [5.41, 5.74) is 1.34. The highest BCUT2D eigenvalue weighted by Crippen LogP contribution is 2.24. The molecule has 21 heavy (non-hydrogen) atoms. The minimum absolute atomic E-state index is 0.112. The molecule has 0 radical (unpaired) electrons. The van der Waals surface area contributed by atoms with E-state index in [2.05, 4.69) is 12.2 Å². The first-order valence-corrected chi connectivity index (χ1v) is 7.41. The molecule has 0 aliphatic heterocycles. The molecule has 1 atom stereocenters. The molecule has 2 aromatic rings. The molecule has 112 valence electrons. The van der Waals surface area contributed by atoms with Crippen LogP contribution >= 0.6 is 11.6 Å². The molecule has 1 nitrogen and oxygen atoms in total. The highest BCUT2D eigenvalue weighted by molar-refractivity contribution is 6.30. The molecule has 0 heterocycles. The van der Waals surface area contributed by atoms with Crippen LogP contribution in [-0.4, -0.2) is 6.54 Å². The fraction of sp³-hybridized carbons (Fsp3) is 0.294. The molecule has 0 saturated carbocycles. The predicted octanol–water partition coefficient (Wildman–Crippen LogP) is 4.90. The van der Waals surface area contributed by atoms with Crippen molar-refractivity contribution in [2.75, 3.05) is 6.54 Å². The Morgan fingerprint density at radius 3 is 2.62 bits per heavy atom. The van der Waals surface area contributed by atoms with Crippen LogP contribution in [0.5, 0.6) is 0 Å². The first-order valence-electron chi connectivity index (χ1n) is 7.03. The molecule has 4 heteroatoms. The fourth-order valence-corrected chi connectivity index (χ4v) is 2.47. The summed E-state index contributed by atoms with van der Waals surface area (Å²) >= 11 is 5.82. The van der Waals surface area contributed by atoms with Crippen LogP contribution in [0, 0.1) is 11.6 Å². The van der Waals surface area contributed by atoms with Crippen LogP contribution in [0.2, 0.25) is 5.02 Å². The molecule has 0 bridgehead atoms. The van der Waals surface area contributed by atoms with Crippen molar-refractivity contribution >= 4 is 11.6 Å². The summed E-state index contributed by atoms with van der Waals surface area (Å²) in [5, 5.41) is 3.44. The third-order valence-electron chi connectivity index (χ3n) is 3.35. The predicted molar refractivity (Wildman–Crippen MR) is 82.5 cm³/mol.